The Morgan fingerprint density at radius 1 is 1.24 bits per heavy atom. The quantitative estimate of drug-likeness (QED) is 0.855. The highest BCUT2D eigenvalue weighted by Gasteiger charge is 2.12. The highest BCUT2D eigenvalue weighted by atomic mass is 16.1. The van der Waals surface area contributed by atoms with Gasteiger partial charge in [0.2, 0.25) is 5.91 Å². The Kier molecular flexibility index (Phi) is 4.82. The molecular weight excluding hydrogens is 264 g/mol. The summed E-state index contributed by atoms with van der Waals surface area (Å²) in [5.74, 6) is -0.00317. The van der Waals surface area contributed by atoms with Crippen LogP contribution in [0.2, 0.25) is 0 Å². The van der Waals surface area contributed by atoms with Crippen LogP contribution < -0.4 is 5.32 Å². The van der Waals surface area contributed by atoms with Crippen LogP contribution in [0.25, 0.3) is 0 Å². The van der Waals surface area contributed by atoms with Crippen LogP contribution >= 0.6 is 0 Å². The fourth-order valence-corrected chi connectivity index (χ4v) is 2.09. The number of hydrogen-bond donors (Lipinski definition) is 1. The van der Waals surface area contributed by atoms with Gasteiger partial charge in [0.1, 0.15) is 0 Å². The molecule has 1 heterocycles. The molecule has 1 unspecified atom stereocenters. The number of hydrogen-bond acceptors (Lipinski definition) is 3. The molecule has 0 saturated carbocycles. The number of anilines is 1. The number of rotatable bonds is 5. The number of carbonyl (C=O) groups is 2. The molecule has 0 bridgehead atoms. The minimum absolute atomic E-state index is 0.0187. The van der Waals surface area contributed by atoms with E-state index in [4.69, 9.17) is 0 Å². The third-order valence-corrected chi connectivity index (χ3v) is 3.30. The van der Waals surface area contributed by atoms with E-state index in [1.54, 1.807) is 36.7 Å². The number of aromatic nitrogens is 1. The first-order valence-electron chi connectivity index (χ1n) is 6.87. The number of ketones is 1. The van der Waals surface area contributed by atoms with Gasteiger partial charge in [-0.2, -0.15) is 0 Å². The van der Waals surface area contributed by atoms with Gasteiger partial charge in [-0.3, -0.25) is 14.6 Å². The van der Waals surface area contributed by atoms with Crippen LogP contribution in [0.15, 0.2) is 48.8 Å². The maximum Gasteiger partial charge on any atom is 0.224 e. The van der Waals surface area contributed by atoms with Crippen LogP contribution in [0, 0.1) is 0 Å². The van der Waals surface area contributed by atoms with Crippen molar-refractivity contribution in [2.24, 2.45) is 0 Å². The Morgan fingerprint density at radius 3 is 2.71 bits per heavy atom. The summed E-state index contributed by atoms with van der Waals surface area (Å²) in [4.78, 5) is 27.4. The topological polar surface area (TPSA) is 59.1 Å². The Hall–Kier alpha value is -2.49. The lowest BCUT2D eigenvalue weighted by Gasteiger charge is -2.12. The van der Waals surface area contributed by atoms with E-state index in [1.165, 1.54) is 6.92 Å². The van der Waals surface area contributed by atoms with E-state index in [1.807, 2.05) is 19.1 Å². The summed E-state index contributed by atoms with van der Waals surface area (Å²) >= 11 is 0. The lowest BCUT2D eigenvalue weighted by Crippen LogP contribution is -2.14. The van der Waals surface area contributed by atoms with E-state index in [2.05, 4.69) is 10.3 Å². The first-order valence-corrected chi connectivity index (χ1v) is 6.87. The highest BCUT2D eigenvalue weighted by molar-refractivity contribution is 5.97. The molecular formula is C17H18N2O2. The van der Waals surface area contributed by atoms with Gasteiger partial charge in [0, 0.05) is 30.1 Å². The second-order valence-corrected chi connectivity index (χ2v) is 5.08. The van der Waals surface area contributed by atoms with Crippen molar-refractivity contribution in [3.8, 4) is 0 Å². The number of carbonyl (C=O) groups excluding carboxylic acids is 2. The lowest BCUT2D eigenvalue weighted by atomic mass is 9.99. The van der Waals surface area contributed by atoms with E-state index in [0.717, 1.165) is 5.56 Å². The van der Waals surface area contributed by atoms with Gasteiger partial charge in [0.25, 0.3) is 0 Å². The summed E-state index contributed by atoms with van der Waals surface area (Å²) in [7, 11) is 0. The lowest BCUT2D eigenvalue weighted by molar-refractivity contribution is -0.116. The van der Waals surface area contributed by atoms with Crippen molar-refractivity contribution in [3.63, 3.8) is 0 Å². The third-order valence-electron chi connectivity index (χ3n) is 3.30. The number of nitrogens with one attached hydrogen (secondary N) is 1. The Bertz CT molecular complexity index is 638. The normalized spacial score (nSPS) is 11.7. The van der Waals surface area contributed by atoms with Gasteiger partial charge in [-0.1, -0.05) is 25.1 Å². The van der Waals surface area contributed by atoms with Gasteiger partial charge in [0.15, 0.2) is 5.78 Å². The summed E-state index contributed by atoms with van der Waals surface area (Å²) in [5.41, 5.74) is 2.27. The first kappa shape index (κ1) is 14.9. The van der Waals surface area contributed by atoms with Crippen molar-refractivity contribution >= 4 is 17.4 Å². The minimum Gasteiger partial charge on any atom is -0.326 e. The standard InChI is InChI=1S/C17H18N2O2/c1-12(15-6-4-8-18-11-15)9-17(21)19-16-7-3-5-14(10-16)13(2)20/h3-8,10-12H,9H2,1-2H3,(H,19,21). The summed E-state index contributed by atoms with van der Waals surface area (Å²) in [6.07, 6.45) is 3.86. The molecule has 1 aromatic heterocycles. The van der Waals surface area contributed by atoms with Crippen molar-refractivity contribution < 1.29 is 9.59 Å². The van der Waals surface area contributed by atoms with Gasteiger partial charge < -0.3 is 5.32 Å². The maximum atomic E-state index is 12.1. The Balaban J connectivity index is 1.99. The number of pyridine rings is 1. The number of amides is 1. The Morgan fingerprint density at radius 2 is 2.05 bits per heavy atom. The second-order valence-electron chi connectivity index (χ2n) is 5.08. The molecule has 0 spiro atoms. The van der Waals surface area contributed by atoms with Crippen LogP contribution in [0.3, 0.4) is 0 Å². The fraction of sp³-hybridized carbons (Fsp3) is 0.235. The van der Waals surface area contributed by atoms with Crippen LogP contribution in [0.4, 0.5) is 5.69 Å². The maximum absolute atomic E-state index is 12.1. The smallest absolute Gasteiger partial charge is 0.224 e. The molecule has 1 aromatic carbocycles. The molecule has 0 radical (unpaired) electrons. The van der Waals surface area contributed by atoms with Gasteiger partial charge in [-0.05, 0) is 36.6 Å². The molecule has 108 valence electrons. The Labute approximate surface area is 124 Å². The molecule has 1 amide bonds. The largest absolute Gasteiger partial charge is 0.326 e. The number of benzene rings is 1. The van der Waals surface area contributed by atoms with Crippen LogP contribution in [0.1, 0.15) is 42.1 Å². The average molecular weight is 282 g/mol. The molecule has 0 saturated heterocycles. The predicted octanol–water partition coefficient (Wildman–Crippen LogP) is 3.42. The summed E-state index contributed by atoms with van der Waals surface area (Å²) in [5, 5.41) is 2.83. The highest BCUT2D eigenvalue weighted by Crippen LogP contribution is 2.19. The molecule has 2 aromatic rings. The van der Waals surface area contributed by atoms with E-state index in [0.29, 0.717) is 17.7 Å². The van der Waals surface area contributed by atoms with E-state index in [9.17, 15) is 9.59 Å². The summed E-state index contributed by atoms with van der Waals surface area (Å²) in [6, 6.07) is 10.8. The molecule has 21 heavy (non-hydrogen) atoms. The zero-order valence-electron chi connectivity index (χ0n) is 12.2. The van der Waals surface area contributed by atoms with E-state index < -0.39 is 0 Å². The fourth-order valence-electron chi connectivity index (χ4n) is 2.09. The van der Waals surface area contributed by atoms with Crippen molar-refractivity contribution in [1.82, 2.24) is 4.98 Å². The molecule has 0 aliphatic rings. The summed E-state index contributed by atoms with van der Waals surface area (Å²) in [6.45, 7) is 3.49. The van der Waals surface area contributed by atoms with Crippen molar-refractivity contribution in [2.45, 2.75) is 26.2 Å². The van der Waals surface area contributed by atoms with Crippen molar-refractivity contribution in [2.75, 3.05) is 5.32 Å². The number of Topliss-reactive ketones (excluding diaryl/α,β-unsaturated/α-hetero) is 1. The molecule has 0 aliphatic carbocycles. The zero-order chi connectivity index (χ0) is 15.2. The second kappa shape index (κ2) is 6.79. The number of nitrogens with zero attached hydrogens (tertiary/aromatic N) is 1. The van der Waals surface area contributed by atoms with Gasteiger partial charge in [0.05, 0.1) is 0 Å². The van der Waals surface area contributed by atoms with Crippen LogP contribution in [0.5, 0.6) is 0 Å². The van der Waals surface area contributed by atoms with E-state index in [-0.39, 0.29) is 17.6 Å². The molecule has 4 heteroatoms. The zero-order valence-corrected chi connectivity index (χ0v) is 12.2. The first-order chi connectivity index (χ1) is 10.1. The minimum atomic E-state index is -0.0768. The molecule has 1 N–H and O–H groups in total. The third kappa shape index (κ3) is 4.24. The van der Waals surface area contributed by atoms with Gasteiger partial charge in [-0.15, -0.1) is 0 Å². The molecule has 0 aliphatic heterocycles. The molecule has 1 atom stereocenters. The SMILES string of the molecule is CC(=O)c1cccc(NC(=O)CC(C)c2cccnc2)c1. The van der Waals surface area contributed by atoms with E-state index >= 15 is 0 Å². The van der Waals surface area contributed by atoms with Gasteiger partial charge >= 0.3 is 0 Å². The summed E-state index contributed by atoms with van der Waals surface area (Å²) < 4.78 is 0. The van der Waals surface area contributed by atoms with Gasteiger partial charge in [-0.25, -0.2) is 0 Å². The van der Waals surface area contributed by atoms with Crippen LogP contribution in [-0.2, 0) is 4.79 Å². The molecule has 2 rings (SSSR count). The predicted molar refractivity (Wildman–Crippen MR) is 82.3 cm³/mol. The molecule has 0 fully saturated rings. The average Bonchev–Trinajstić information content (AvgIpc) is 2.48. The monoisotopic (exact) mass is 282 g/mol. The van der Waals surface area contributed by atoms with Crippen LogP contribution in [-0.4, -0.2) is 16.7 Å². The van der Waals surface area contributed by atoms with Crippen molar-refractivity contribution in [1.29, 1.82) is 0 Å². The molecule has 4 nitrogen and oxygen atoms in total. The van der Waals surface area contributed by atoms with Crippen molar-refractivity contribution in [3.05, 3.63) is 59.9 Å².